The highest BCUT2D eigenvalue weighted by Gasteiger charge is 2.26. The van der Waals surface area contributed by atoms with Gasteiger partial charge in [0.15, 0.2) is 17.6 Å². The van der Waals surface area contributed by atoms with Crippen LogP contribution in [0, 0.1) is 0 Å². The van der Waals surface area contributed by atoms with Crippen molar-refractivity contribution in [2.45, 2.75) is 12.5 Å². The highest BCUT2D eigenvalue weighted by Crippen LogP contribution is 2.36. The van der Waals surface area contributed by atoms with Crippen LogP contribution in [-0.2, 0) is 9.63 Å². The number of hydrogen-bond donors (Lipinski definition) is 0. The Morgan fingerprint density at radius 2 is 1.88 bits per heavy atom. The second-order valence-corrected chi connectivity index (χ2v) is 7.88. The van der Waals surface area contributed by atoms with Gasteiger partial charge in [0.1, 0.15) is 0 Å². The van der Waals surface area contributed by atoms with Gasteiger partial charge >= 0.3 is 5.97 Å². The van der Waals surface area contributed by atoms with E-state index in [9.17, 15) is 4.79 Å². The molecule has 4 rings (SSSR count). The first-order valence-electron chi connectivity index (χ1n) is 9.84. The second-order valence-electron chi connectivity index (χ2n) is 7.04. The summed E-state index contributed by atoms with van der Waals surface area (Å²) in [6.45, 7) is 0. The molecule has 3 aromatic carbocycles. The van der Waals surface area contributed by atoms with Crippen molar-refractivity contribution in [2.24, 2.45) is 5.16 Å². The van der Waals surface area contributed by atoms with Crippen LogP contribution in [0.3, 0.4) is 0 Å². The SMILES string of the molecule is COc1cc(C2CC(c3ccc(Cl)cc3Cl)=NO2)ccc1OC(=O)/C=C/c1ccccc1. The zero-order valence-electron chi connectivity index (χ0n) is 17.1. The smallest absolute Gasteiger partial charge is 0.336 e. The van der Waals surface area contributed by atoms with E-state index in [4.69, 9.17) is 37.5 Å². The van der Waals surface area contributed by atoms with Crippen molar-refractivity contribution >= 4 is 41.0 Å². The summed E-state index contributed by atoms with van der Waals surface area (Å²) in [5, 5.41) is 5.26. The van der Waals surface area contributed by atoms with E-state index in [1.165, 1.54) is 13.2 Å². The summed E-state index contributed by atoms with van der Waals surface area (Å²) in [6, 6.07) is 20.0. The van der Waals surface area contributed by atoms with Crippen molar-refractivity contribution in [3.05, 3.63) is 99.5 Å². The first kappa shape index (κ1) is 21.9. The lowest BCUT2D eigenvalue weighted by Gasteiger charge is -2.13. The fourth-order valence-electron chi connectivity index (χ4n) is 3.28. The Hall–Kier alpha value is -3.28. The molecular formula is C25H19Cl2NO4. The van der Waals surface area contributed by atoms with Gasteiger partial charge in [-0.05, 0) is 41.5 Å². The number of esters is 1. The Morgan fingerprint density at radius 3 is 2.62 bits per heavy atom. The fraction of sp³-hybridized carbons (Fsp3) is 0.120. The molecule has 0 amide bonds. The molecule has 162 valence electrons. The van der Waals surface area contributed by atoms with Gasteiger partial charge in [-0.1, -0.05) is 70.8 Å². The lowest BCUT2D eigenvalue weighted by molar-refractivity contribution is -0.129. The lowest BCUT2D eigenvalue weighted by atomic mass is 10.00. The molecule has 3 aromatic rings. The van der Waals surface area contributed by atoms with Gasteiger partial charge in [0.25, 0.3) is 0 Å². The standard InChI is InChI=1S/C25H19Cl2NO4/c1-30-24-13-17(23-15-21(28-32-23)19-10-9-18(26)14-20(19)27)8-11-22(24)31-25(29)12-7-16-5-3-2-4-6-16/h2-14,23H,15H2,1H3/b12-7+. The fourth-order valence-corrected chi connectivity index (χ4v) is 3.80. The van der Waals surface area contributed by atoms with Gasteiger partial charge in [-0.2, -0.15) is 0 Å². The highest BCUT2D eigenvalue weighted by atomic mass is 35.5. The number of nitrogens with zero attached hydrogens (tertiary/aromatic N) is 1. The third-order valence-electron chi connectivity index (χ3n) is 4.89. The molecule has 7 heteroatoms. The maximum atomic E-state index is 12.2. The minimum Gasteiger partial charge on any atom is -0.493 e. The van der Waals surface area contributed by atoms with Crippen LogP contribution in [0.4, 0.5) is 0 Å². The number of rotatable bonds is 6. The molecule has 1 unspecified atom stereocenters. The van der Waals surface area contributed by atoms with Gasteiger partial charge in [-0.25, -0.2) is 4.79 Å². The number of benzene rings is 3. The van der Waals surface area contributed by atoms with Crippen molar-refractivity contribution in [3.63, 3.8) is 0 Å². The normalized spacial score (nSPS) is 15.3. The van der Waals surface area contributed by atoms with Crippen LogP contribution in [-0.4, -0.2) is 18.8 Å². The van der Waals surface area contributed by atoms with Crippen molar-refractivity contribution < 1.29 is 19.1 Å². The predicted molar refractivity (Wildman–Crippen MR) is 126 cm³/mol. The van der Waals surface area contributed by atoms with Gasteiger partial charge in [-0.15, -0.1) is 0 Å². The molecule has 1 aliphatic heterocycles. The molecule has 0 aliphatic carbocycles. The first-order chi connectivity index (χ1) is 15.5. The van der Waals surface area contributed by atoms with Gasteiger partial charge in [0.2, 0.25) is 0 Å². The average molecular weight is 468 g/mol. The van der Waals surface area contributed by atoms with Crippen LogP contribution in [0.5, 0.6) is 11.5 Å². The van der Waals surface area contributed by atoms with Crippen LogP contribution in [0.15, 0.2) is 78.0 Å². The number of oxime groups is 1. The summed E-state index contributed by atoms with van der Waals surface area (Å²) in [4.78, 5) is 17.8. The largest absolute Gasteiger partial charge is 0.493 e. The lowest BCUT2D eigenvalue weighted by Crippen LogP contribution is -2.06. The van der Waals surface area contributed by atoms with Gasteiger partial charge in [-0.3, -0.25) is 0 Å². The Bertz CT molecular complexity index is 1190. The van der Waals surface area contributed by atoms with Crippen molar-refractivity contribution in [2.75, 3.05) is 7.11 Å². The van der Waals surface area contributed by atoms with E-state index in [-0.39, 0.29) is 6.10 Å². The molecule has 5 nitrogen and oxygen atoms in total. The molecule has 1 aliphatic rings. The number of carbonyl (C=O) groups is 1. The minimum atomic E-state index is -0.500. The maximum Gasteiger partial charge on any atom is 0.336 e. The topological polar surface area (TPSA) is 57.1 Å². The molecular weight excluding hydrogens is 449 g/mol. The molecule has 0 N–H and O–H groups in total. The number of ether oxygens (including phenoxy) is 2. The van der Waals surface area contributed by atoms with E-state index in [2.05, 4.69) is 5.16 Å². The van der Waals surface area contributed by atoms with E-state index < -0.39 is 5.97 Å². The van der Waals surface area contributed by atoms with E-state index in [1.807, 2.05) is 42.5 Å². The van der Waals surface area contributed by atoms with Crippen molar-refractivity contribution in [1.29, 1.82) is 0 Å². The van der Waals surface area contributed by atoms with Gasteiger partial charge < -0.3 is 14.3 Å². The Labute approximate surface area is 195 Å². The van der Waals surface area contributed by atoms with E-state index in [1.54, 1.807) is 30.3 Å². The van der Waals surface area contributed by atoms with Crippen LogP contribution in [0.25, 0.3) is 6.08 Å². The van der Waals surface area contributed by atoms with E-state index in [0.717, 1.165) is 22.4 Å². The number of halogens is 2. The zero-order valence-corrected chi connectivity index (χ0v) is 18.6. The molecule has 0 saturated heterocycles. The summed E-state index contributed by atoms with van der Waals surface area (Å²) in [6.07, 6.45) is 3.28. The predicted octanol–water partition coefficient (Wildman–Crippen LogP) is 6.49. The molecule has 32 heavy (non-hydrogen) atoms. The monoisotopic (exact) mass is 467 g/mol. The van der Waals surface area contributed by atoms with Gasteiger partial charge in [0.05, 0.1) is 17.8 Å². The van der Waals surface area contributed by atoms with Crippen LogP contribution < -0.4 is 9.47 Å². The van der Waals surface area contributed by atoms with Crippen molar-refractivity contribution in [1.82, 2.24) is 0 Å². The zero-order chi connectivity index (χ0) is 22.5. The summed E-state index contributed by atoms with van der Waals surface area (Å²) < 4.78 is 10.9. The third-order valence-corrected chi connectivity index (χ3v) is 5.44. The molecule has 1 heterocycles. The summed E-state index contributed by atoms with van der Waals surface area (Å²) in [5.74, 6) is 0.240. The molecule has 1 atom stereocenters. The van der Waals surface area contributed by atoms with Crippen LogP contribution in [0.1, 0.15) is 29.2 Å². The number of carbonyl (C=O) groups excluding carboxylic acids is 1. The Balaban J connectivity index is 1.44. The highest BCUT2D eigenvalue weighted by molar-refractivity contribution is 6.37. The Kier molecular flexibility index (Phi) is 6.78. The van der Waals surface area contributed by atoms with E-state index in [0.29, 0.717) is 28.0 Å². The summed E-state index contributed by atoms with van der Waals surface area (Å²) in [5.41, 5.74) is 3.26. The maximum absolute atomic E-state index is 12.2. The number of methoxy groups -OCH3 is 1. The summed E-state index contributed by atoms with van der Waals surface area (Å²) in [7, 11) is 1.52. The Morgan fingerprint density at radius 1 is 1.06 bits per heavy atom. The van der Waals surface area contributed by atoms with Crippen molar-refractivity contribution in [3.8, 4) is 11.5 Å². The van der Waals surface area contributed by atoms with Crippen LogP contribution >= 0.6 is 23.2 Å². The first-order valence-corrected chi connectivity index (χ1v) is 10.6. The summed E-state index contributed by atoms with van der Waals surface area (Å²) >= 11 is 12.3. The molecule has 0 bridgehead atoms. The molecule has 0 saturated carbocycles. The minimum absolute atomic E-state index is 0.312. The van der Waals surface area contributed by atoms with E-state index >= 15 is 0 Å². The average Bonchev–Trinajstić information content (AvgIpc) is 3.28. The number of hydrogen-bond acceptors (Lipinski definition) is 5. The third kappa shape index (κ3) is 5.13. The molecule has 0 spiro atoms. The second kappa shape index (κ2) is 9.90. The molecule has 0 aromatic heterocycles. The quantitative estimate of drug-likeness (QED) is 0.236. The van der Waals surface area contributed by atoms with Gasteiger partial charge in [0, 0.05) is 23.1 Å². The molecule has 0 fully saturated rings. The molecule has 0 radical (unpaired) electrons. The van der Waals surface area contributed by atoms with Crippen LogP contribution in [0.2, 0.25) is 10.0 Å².